The second-order valence-corrected chi connectivity index (χ2v) is 2.70. The van der Waals surface area contributed by atoms with E-state index in [1.807, 2.05) is 13.8 Å². The molecule has 2 N–H and O–H groups in total. The summed E-state index contributed by atoms with van der Waals surface area (Å²) in [7, 11) is 0. The summed E-state index contributed by atoms with van der Waals surface area (Å²) in [5.74, 6) is 0.595. The Bertz CT molecular complexity index is 252. The molecule has 0 atom stereocenters. The zero-order chi connectivity index (χ0) is 8.43. The Kier molecular flexibility index (Phi) is 4.45. The lowest BCUT2D eigenvalue weighted by Crippen LogP contribution is -2.05. The van der Waals surface area contributed by atoms with Crippen LogP contribution in [0.3, 0.4) is 0 Å². The van der Waals surface area contributed by atoms with Crippen LogP contribution in [-0.2, 0) is 6.54 Å². The number of hydrogen-bond donors (Lipinski definition) is 1. The largest absolute Gasteiger partial charge is 0.324 e. The van der Waals surface area contributed by atoms with Crippen molar-refractivity contribution in [1.82, 2.24) is 9.97 Å². The maximum Gasteiger partial charge on any atom is 0.143 e. The van der Waals surface area contributed by atoms with E-state index in [1.165, 1.54) is 0 Å². The summed E-state index contributed by atoms with van der Waals surface area (Å²) in [5, 5.41) is 0.498. The van der Waals surface area contributed by atoms with Crippen molar-refractivity contribution in [3.63, 3.8) is 0 Å². The van der Waals surface area contributed by atoms with Crippen LogP contribution in [0.25, 0.3) is 0 Å². The molecule has 1 aromatic rings. The van der Waals surface area contributed by atoms with Crippen LogP contribution < -0.4 is 5.73 Å². The molecule has 0 saturated heterocycles. The molecule has 12 heavy (non-hydrogen) atoms. The average molecular weight is 208 g/mol. The summed E-state index contributed by atoms with van der Waals surface area (Å²) >= 11 is 5.79. The number of halogens is 2. The Hall–Kier alpha value is -0.380. The smallest absolute Gasteiger partial charge is 0.143 e. The topological polar surface area (TPSA) is 51.8 Å². The van der Waals surface area contributed by atoms with Gasteiger partial charge < -0.3 is 5.73 Å². The fraction of sp³-hybridized carbons (Fsp3) is 0.429. The third-order valence-corrected chi connectivity index (χ3v) is 1.93. The highest BCUT2D eigenvalue weighted by molar-refractivity contribution is 6.30. The fourth-order valence-electron chi connectivity index (χ4n) is 0.740. The standard InChI is InChI=1S/C7H10ClN3.ClH/c1-4-5(2)10-6(3-9)11-7(4)8;/h3,9H2,1-2H3;1H. The van der Waals surface area contributed by atoms with E-state index in [0.717, 1.165) is 11.3 Å². The molecule has 0 saturated carbocycles. The van der Waals surface area contributed by atoms with E-state index in [2.05, 4.69) is 9.97 Å². The highest BCUT2D eigenvalue weighted by Crippen LogP contribution is 2.13. The molecule has 0 aliphatic heterocycles. The summed E-state index contributed by atoms with van der Waals surface area (Å²) in [6, 6.07) is 0. The second kappa shape index (κ2) is 4.60. The van der Waals surface area contributed by atoms with Crippen molar-refractivity contribution >= 4 is 24.0 Å². The van der Waals surface area contributed by atoms with Gasteiger partial charge in [-0.2, -0.15) is 0 Å². The van der Waals surface area contributed by atoms with Crippen LogP contribution >= 0.6 is 24.0 Å². The third-order valence-electron chi connectivity index (χ3n) is 1.56. The van der Waals surface area contributed by atoms with Gasteiger partial charge in [-0.15, -0.1) is 12.4 Å². The van der Waals surface area contributed by atoms with Crippen molar-refractivity contribution in [3.05, 3.63) is 22.2 Å². The molecule has 0 radical (unpaired) electrons. The molecule has 0 fully saturated rings. The summed E-state index contributed by atoms with van der Waals surface area (Å²) in [6.07, 6.45) is 0. The minimum absolute atomic E-state index is 0. The molecule has 5 heteroatoms. The number of nitrogens with zero attached hydrogens (tertiary/aromatic N) is 2. The normalized spacial score (nSPS) is 9.33. The van der Waals surface area contributed by atoms with Crippen LogP contribution in [0.5, 0.6) is 0 Å². The van der Waals surface area contributed by atoms with Gasteiger partial charge in [0.15, 0.2) is 0 Å². The van der Waals surface area contributed by atoms with Crippen molar-refractivity contribution in [2.75, 3.05) is 0 Å². The van der Waals surface area contributed by atoms with Gasteiger partial charge >= 0.3 is 0 Å². The number of aryl methyl sites for hydroxylation is 1. The Morgan fingerprint density at radius 2 is 1.92 bits per heavy atom. The van der Waals surface area contributed by atoms with Gasteiger partial charge in [-0.05, 0) is 13.8 Å². The van der Waals surface area contributed by atoms with Crippen LogP contribution in [-0.4, -0.2) is 9.97 Å². The number of nitrogens with two attached hydrogens (primary N) is 1. The predicted molar refractivity (Wildman–Crippen MR) is 51.7 cm³/mol. The Morgan fingerprint density at radius 1 is 1.33 bits per heavy atom. The molecule has 0 amide bonds. The van der Waals surface area contributed by atoms with Crippen molar-refractivity contribution < 1.29 is 0 Å². The maximum absolute atomic E-state index is 5.79. The summed E-state index contributed by atoms with van der Waals surface area (Å²) in [4.78, 5) is 8.11. The van der Waals surface area contributed by atoms with Crippen molar-refractivity contribution in [2.45, 2.75) is 20.4 Å². The van der Waals surface area contributed by atoms with Crippen LogP contribution in [0.15, 0.2) is 0 Å². The van der Waals surface area contributed by atoms with E-state index in [0.29, 0.717) is 17.5 Å². The van der Waals surface area contributed by atoms with Gasteiger partial charge in [0.25, 0.3) is 0 Å². The highest BCUT2D eigenvalue weighted by Gasteiger charge is 2.03. The van der Waals surface area contributed by atoms with E-state index in [9.17, 15) is 0 Å². The molecule has 0 spiro atoms. The SMILES string of the molecule is Cc1nc(CN)nc(Cl)c1C.Cl. The van der Waals surface area contributed by atoms with Gasteiger partial charge in [0.05, 0.1) is 6.54 Å². The first-order valence-electron chi connectivity index (χ1n) is 3.35. The number of rotatable bonds is 1. The quantitative estimate of drug-likeness (QED) is 0.713. The molecule has 0 unspecified atom stereocenters. The first kappa shape index (κ1) is 11.6. The Balaban J connectivity index is 0.00000121. The summed E-state index contributed by atoms with van der Waals surface area (Å²) in [5.41, 5.74) is 7.17. The molecule has 0 aromatic carbocycles. The minimum Gasteiger partial charge on any atom is -0.324 e. The third kappa shape index (κ3) is 2.30. The van der Waals surface area contributed by atoms with E-state index >= 15 is 0 Å². The molecule has 1 heterocycles. The minimum atomic E-state index is 0. The molecule has 0 aliphatic rings. The lowest BCUT2D eigenvalue weighted by molar-refractivity contribution is 0.881. The highest BCUT2D eigenvalue weighted by atomic mass is 35.5. The molecule has 0 bridgehead atoms. The molecular weight excluding hydrogens is 197 g/mol. The maximum atomic E-state index is 5.79. The van der Waals surface area contributed by atoms with Crippen LogP contribution in [0, 0.1) is 13.8 Å². The lowest BCUT2D eigenvalue weighted by Gasteiger charge is -2.02. The zero-order valence-corrected chi connectivity index (χ0v) is 8.54. The van der Waals surface area contributed by atoms with Crippen LogP contribution in [0.4, 0.5) is 0 Å². The van der Waals surface area contributed by atoms with Crippen LogP contribution in [0.1, 0.15) is 17.1 Å². The molecule has 1 aromatic heterocycles. The van der Waals surface area contributed by atoms with E-state index in [-0.39, 0.29) is 12.4 Å². The molecule has 1 rings (SSSR count). The number of aromatic nitrogens is 2. The van der Waals surface area contributed by atoms with Gasteiger partial charge in [0, 0.05) is 11.3 Å². The van der Waals surface area contributed by atoms with Crippen molar-refractivity contribution in [2.24, 2.45) is 5.73 Å². The zero-order valence-electron chi connectivity index (χ0n) is 6.97. The van der Waals surface area contributed by atoms with Gasteiger partial charge in [0.1, 0.15) is 11.0 Å². The Labute approximate surface area is 82.8 Å². The lowest BCUT2D eigenvalue weighted by atomic mass is 10.3. The van der Waals surface area contributed by atoms with E-state index in [4.69, 9.17) is 17.3 Å². The first-order chi connectivity index (χ1) is 5.15. The predicted octanol–water partition coefficient (Wildman–Crippen LogP) is 1.63. The second-order valence-electron chi connectivity index (χ2n) is 2.35. The molecular formula is C7H11Cl2N3. The molecule has 68 valence electrons. The van der Waals surface area contributed by atoms with Crippen LogP contribution in [0.2, 0.25) is 5.15 Å². The molecule has 3 nitrogen and oxygen atoms in total. The fourth-order valence-corrected chi connectivity index (χ4v) is 0.974. The Morgan fingerprint density at radius 3 is 2.33 bits per heavy atom. The first-order valence-corrected chi connectivity index (χ1v) is 3.72. The van der Waals surface area contributed by atoms with Crippen molar-refractivity contribution in [3.8, 4) is 0 Å². The van der Waals surface area contributed by atoms with Gasteiger partial charge in [-0.3, -0.25) is 0 Å². The monoisotopic (exact) mass is 207 g/mol. The summed E-state index contributed by atoms with van der Waals surface area (Å²) in [6.45, 7) is 4.11. The average Bonchev–Trinajstić information content (AvgIpc) is 1.99. The van der Waals surface area contributed by atoms with E-state index < -0.39 is 0 Å². The van der Waals surface area contributed by atoms with Gasteiger partial charge in [0.2, 0.25) is 0 Å². The molecule has 0 aliphatic carbocycles. The van der Waals surface area contributed by atoms with Crippen molar-refractivity contribution in [1.29, 1.82) is 0 Å². The summed E-state index contributed by atoms with van der Waals surface area (Å²) < 4.78 is 0. The van der Waals surface area contributed by atoms with Gasteiger partial charge in [-0.1, -0.05) is 11.6 Å². The van der Waals surface area contributed by atoms with E-state index in [1.54, 1.807) is 0 Å². The van der Waals surface area contributed by atoms with Gasteiger partial charge in [-0.25, -0.2) is 9.97 Å². The number of hydrogen-bond acceptors (Lipinski definition) is 3.